The van der Waals surface area contributed by atoms with Gasteiger partial charge >= 0.3 is 5.63 Å². The van der Waals surface area contributed by atoms with Crippen molar-refractivity contribution >= 4 is 34.1 Å². The highest BCUT2D eigenvalue weighted by molar-refractivity contribution is 8.01. The van der Waals surface area contributed by atoms with Crippen molar-refractivity contribution in [3.05, 3.63) is 75.8 Å². The molecule has 0 unspecified atom stereocenters. The third-order valence-corrected chi connectivity index (χ3v) is 7.36. The van der Waals surface area contributed by atoms with Gasteiger partial charge in [-0.15, -0.1) is 11.3 Å². The molecule has 2 aromatic carbocycles. The second-order valence-electron chi connectivity index (χ2n) is 6.91. The number of aromatic nitrogens is 1. The Hall–Kier alpha value is -2.51. The Morgan fingerprint density at radius 2 is 1.83 bits per heavy atom. The Morgan fingerprint density at radius 1 is 1.10 bits per heavy atom. The first-order chi connectivity index (χ1) is 14.4. The van der Waals surface area contributed by atoms with Gasteiger partial charge in [0.2, 0.25) is 0 Å². The lowest BCUT2D eigenvalue weighted by atomic mass is 9.99. The first-order valence-electron chi connectivity index (χ1n) is 9.59. The van der Waals surface area contributed by atoms with Crippen LogP contribution >= 0.6 is 23.1 Å². The number of hydrogen-bond donors (Lipinski definition) is 0. The van der Waals surface area contributed by atoms with Crippen molar-refractivity contribution in [1.82, 2.24) is 4.98 Å². The molecule has 4 rings (SSSR count). The molecule has 0 aliphatic heterocycles. The lowest BCUT2D eigenvalue weighted by Gasteiger charge is -2.19. The molecule has 0 bridgehead atoms. The number of hydrogen-bond acceptors (Lipinski definition) is 5. The molecule has 4 aromatic rings. The summed E-state index contributed by atoms with van der Waals surface area (Å²) in [5.41, 5.74) is 0.0239. The molecule has 7 heteroatoms. The van der Waals surface area contributed by atoms with Crippen LogP contribution in [0.3, 0.4) is 0 Å². The highest BCUT2D eigenvalue weighted by Gasteiger charge is 2.30. The Balaban J connectivity index is 1.69. The SMILES string of the molecule is CCC(F)(CC)c1cnc(Sc2ccc3c(-c4ccc(F)cc4)cc(=O)oc3c2)s1. The van der Waals surface area contributed by atoms with E-state index in [1.807, 2.05) is 26.0 Å². The zero-order valence-corrected chi connectivity index (χ0v) is 18.1. The molecule has 0 spiro atoms. The molecule has 0 amide bonds. The minimum absolute atomic E-state index is 0.337. The minimum Gasteiger partial charge on any atom is -0.423 e. The molecule has 30 heavy (non-hydrogen) atoms. The maximum Gasteiger partial charge on any atom is 0.336 e. The smallest absolute Gasteiger partial charge is 0.336 e. The van der Waals surface area contributed by atoms with Gasteiger partial charge in [0.05, 0.1) is 4.88 Å². The topological polar surface area (TPSA) is 43.1 Å². The Morgan fingerprint density at radius 3 is 2.53 bits per heavy atom. The van der Waals surface area contributed by atoms with Crippen LogP contribution in [0.15, 0.2) is 73.2 Å². The monoisotopic (exact) mass is 443 g/mol. The lowest BCUT2D eigenvalue weighted by molar-refractivity contribution is 0.156. The van der Waals surface area contributed by atoms with E-state index >= 15 is 0 Å². The summed E-state index contributed by atoms with van der Waals surface area (Å²) in [5, 5.41) is 0.755. The van der Waals surface area contributed by atoms with Gasteiger partial charge in [0.15, 0.2) is 4.34 Å². The number of halogens is 2. The molecular formula is C23H19F2NO2S2. The summed E-state index contributed by atoms with van der Waals surface area (Å²) in [6.45, 7) is 3.67. The van der Waals surface area contributed by atoms with E-state index in [0.29, 0.717) is 28.9 Å². The van der Waals surface area contributed by atoms with Crippen molar-refractivity contribution in [3.8, 4) is 11.1 Å². The molecule has 0 saturated heterocycles. The zero-order chi connectivity index (χ0) is 21.3. The normalized spacial score (nSPS) is 11.9. The van der Waals surface area contributed by atoms with E-state index in [0.717, 1.165) is 20.2 Å². The van der Waals surface area contributed by atoms with Crippen LogP contribution in [0.4, 0.5) is 8.78 Å². The molecule has 2 aromatic heterocycles. The van der Waals surface area contributed by atoms with Gasteiger partial charge in [-0.3, -0.25) is 0 Å². The van der Waals surface area contributed by atoms with Crippen LogP contribution < -0.4 is 5.63 Å². The number of rotatable bonds is 6. The number of fused-ring (bicyclic) bond motifs is 1. The Labute approximate surface area is 180 Å². The van der Waals surface area contributed by atoms with E-state index in [9.17, 15) is 13.6 Å². The van der Waals surface area contributed by atoms with Crippen molar-refractivity contribution in [2.24, 2.45) is 0 Å². The van der Waals surface area contributed by atoms with Gasteiger partial charge in [-0.25, -0.2) is 18.6 Å². The molecule has 154 valence electrons. The molecule has 2 heterocycles. The predicted octanol–water partition coefficient (Wildman–Crippen LogP) is 7.19. The first-order valence-corrected chi connectivity index (χ1v) is 11.2. The van der Waals surface area contributed by atoms with E-state index in [-0.39, 0.29) is 5.82 Å². The molecular weight excluding hydrogens is 424 g/mol. The largest absolute Gasteiger partial charge is 0.423 e. The van der Waals surface area contributed by atoms with Crippen LogP contribution in [-0.2, 0) is 5.67 Å². The van der Waals surface area contributed by atoms with Crippen molar-refractivity contribution < 1.29 is 13.2 Å². The van der Waals surface area contributed by atoms with E-state index < -0.39 is 11.3 Å². The molecule has 0 N–H and O–H groups in total. The summed E-state index contributed by atoms with van der Waals surface area (Å²) < 4.78 is 34.3. The zero-order valence-electron chi connectivity index (χ0n) is 16.4. The Kier molecular flexibility index (Phi) is 5.75. The van der Waals surface area contributed by atoms with Crippen LogP contribution in [0.1, 0.15) is 31.6 Å². The molecule has 0 atom stereocenters. The van der Waals surface area contributed by atoms with Crippen molar-refractivity contribution in [3.63, 3.8) is 0 Å². The standard InChI is InChI=1S/C23H19F2NO2S2/c1-3-23(25,4-2)20-13-26-22(30-20)29-16-9-10-17-18(12-21(27)28-19(17)11-16)14-5-7-15(24)8-6-14/h5-13H,3-4H2,1-2H3. The van der Waals surface area contributed by atoms with Gasteiger partial charge in [0, 0.05) is 22.5 Å². The number of benzene rings is 2. The molecule has 0 fully saturated rings. The summed E-state index contributed by atoms with van der Waals surface area (Å²) in [6.07, 6.45) is 2.42. The summed E-state index contributed by atoms with van der Waals surface area (Å²) >= 11 is 2.74. The van der Waals surface area contributed by atoms with Crippen molar-refractivity contribution in [2.75, 3.05) is 0 Å². The van der Waals surface area contributed by atoms with E-state index in [1.165, 1.54) is 41.3 Å². The summed E-state index contributed by atoms with van der Waals surface area (Å²) in [6, 6.07) is 12.9. The van der Waals surface area contributed by atoms with Gasteiger partial charge in [0.25, 0.3) is 0 Å². The second kappa shape index (κ2) is 8.32. The number of nitrogens with zero attached hydrogens (tertiary/aromatic N) is 1. The third-order valence-electron chi connectivity index (χ3n) is 5.12. The fourth-order valence-corrected chi connectivity index (χ4v) is 5.49. The molecule has 0 saturated carbocycles. The minimum atomic E-state index is -1.35. The lowest BCUT2D eigenvalue weighted by Crippen LogP contribution is -2.15. The van der Waals surface area contributed by atoms with Crippen molar-refractivity contribution in [2.45, 2.75) is 41.6 Å². The molecule has 0 aliphatic rings. The fraction of sp³-hybridized carbons (Fsp3) is 0.217. The second-order valence-corrected chi connectivity index (χ2v) is 9.26. The molecule has 0 radical (unpaired) electrons. The van der Waals surface area contributed by atoms with Crippen LogP contribution in [0.2, 0.25) is 0 Å². The average molecular weight is 444 g/mol. The maximum absolute atomic E-state index is 14.9. The number of alkyl halides is 1. The highest BCUT2D eigenvalue weighted by atomic mass is 32.2. The van der Waals surface area contributed by atoms with Crippen molar-refractivity contribution in [1.29, 1.82) is 0 Å². The van der Waals surface area contributed by atoms with E-state index in [4.69, 9.17) is 4.42 Å². The third kappa shape index (κ3) is 4.04. The summed E-state index contributed by atoms with van der Waals surface area (Å²) in [4.78, 5) is 17.9. The highest BCUT2D eigenvalue weighted by Crippen LogP contribution is 2.41. The van der Waals surface area contributed by atoms with Gasteiger partial charge in [-0.1, -0.05) is 37.7 Å². The fourth-order valence-electron chi connectivity index (χ4n) is 3.29. The molecule has 0 aliphatic carbocycles. The quantitative estimate of drug-likeness (QED) is 0.296. The predicted molar refractivity (Wildman–Crippen MR) is 117 cm³/mol. The van der Waals surface area contributed by atoms with E-state index in [2.05, 4.69) is 4.98 Å². The van der Waals surface area contributed by atoms with Crippen LogP contribution in [0.5, 0.6) is 0 Å². The number of thiazole rings is 1. The summed E-state index contributed by atoms with van der Waals surface area (Å²) in [7, 11) is 0. The van der Waals surface area contributed by atoms with E-state index in [1.54, 1.807) is 24.4 Å². The van der Waals surface area contributed by atoms with Gasteiger partial charge in [-0.2, -0.15) is 0 Å². The van der Waals surface area contributed by atoms with Crippen LogP contribution in [-0.4, -0.2) is 4.98 Å². The molecule has 3 nitrogen and oxygen atoms in total. The van der Waals surface area contributed by atoms with Gasteiger partial charge < -0.3 is 4.42 Å². The van der Waals surface area contributed by atoms with Gasteiger partial charge in [0.1, 0.15) is 17.1 Å². The first kappa shape index (κ1) is 20.8. The Bertz CT molecular complexity index is 1240. The summed E-state index contributed by atoms with van der Waals surface area (Å²) in [5.74, 6) is -0.337. The maximum atomic E-state index is 14.9. The average Bonchev–Trinajstić information content (AvgIpc) is 3.22. The van der Waals surface area contributed by atoms with Crippen LogP contribution in [0, 0.1) is 5.82 Å². The van der Waals surface area contributed by atoms with Gasteiger partial charge in [-0.05, 0) is 54.3 Å². The van der Waals surface area contributed by atoms with Crippen LogP contribution in [0.25, 0.3) is 22.1 Å².